The lowest BCUT2D eigenvalue weighted by Gasteiger charge is -2.26. The van der Waals surface area contributed by atoms with Crippen LogP contribution in [0.15, 0.2) is 65.2 Å². The third kappa shape index (κ3) is 6.68. The zero-order chi connectivity index (χ0) is 22.3. The molecule has 8 heteroatoms. The molecule has 2 aromatic carbocycles. The summed E-state index contributed by atoms with van der Waals surface area (Å²) in [7, 11) is 0. The summed E-state index contributed by atoms with van der Waals surface area (Å²) in [4.78, 5) is 28.8. The van der Waals surface area contributed by atoms with Crippen LogP contribution in [0.2, 0.25) is 0 Å². The van der Waals surface area contributed by atoms with Gasteiger partial charge in [0.05, 0.1) is 12.1 Å². The smallest absolute Gasteiger partial charge is 0.255 e. The Kier molecular flexibility index (Phi) is 7.04. The van der Waals surface area contributed by atoms with E-state index in [9.17, 15) is 9.59 Å². The summed E-state index contributed by atoms with van der Waals surface area (Å²) in [5.41, 5.74) is 1.56. The minimum Gasteiger partial charge on any atom is -0.474 e. The van der Waals surface area contributed by atoms with Gasteiger partial charge in [0.25, 0.3) is 11.8 Å². The van der Waals surface area contributed by atoms with E-state index in [1.54, 1.807) is 30.3 Å². The standard InChI is InChI=1S/C23H25N3O5/c1-23(2,3)31-26(16-27)13-14-29-21-15-20(30-25-21)17-9-11-19(12-10-17)24-22(28)18-7-5-4-6-8-18/h4-12,15-16H,13-14H2,1-3H3,(H,24,28). The van der Waals surface area contributed by atoms with Crippen LogP contribution in [0.1, 0.15) is 31.1 Å². The summed E-state index contributed by atoms with van der Waals surface area (Å²) in [5, 5.41) is 7.92. The van der Waals surface area contributed by atoms with Crippen molar-refractivity contribution in [1.82, 2.24) is 10.2 Å². The molecule has 0 fully saturated rings. The number of nitrogens with one attached hydrogen (secondary N) is 1. The highest BCUT2D eigenvalue weighted by Gasteiger charge is 2.16. The van der Waals surface area contributed by atoms with E-state index in [1.807, 2.05) is 51.1 Å². The van der Waals surface area contributed by atoms with Crippen molar-refractivity contribution >= 4 is 18.0 Å². The van der Waals surface area contributed by atoms with Gasteiger partial charge in [-0.05, 0) is 62.3 Å². The number of ether oxygens (including phenoxy) is 1. The minimum absolute atomic E-state index is 0.177. The first-order chi connectivity index (χ1) is 14.8. The molecule has 162 valence electrons. The number of amides is 2. The van der Waals surface area contributed by atoms with Gasteiger partial charge in [-0.15, -0.1) is 0 Å². The van der Waals surface area contributed by atoms with Crippen LogP contribution in [0, 0.1) is 0 Å². The lowest BCUT2D eigenvalue weighted by molar-refractivity contribution is -0.217. The lowest BCUT2D eigenvalue weighted by Crippen LogP contribution is -2.35. The van der Waals surface area contributed by atoms with Gasteiger partial charge in [0, 0.05) is 22.9 Å². The average Bonchev–Trinajstić information content (AvgIpc) is 3.22. The molecule has 8 nitrogen and oxygen atoms in total. The molecule has 1 N–H and O–H groups in total. The molecule has 0 aliphatic heterocycles. The quantitative estimate of drug-likeness (QED) is 0.410. The highest BCUT2D eigenvalue weighted by atomic mass is 16.7. The van der Waals surface area contributed by atoms with Gasteiger partial charge >= 0.3 is 0 Å². The van der Waals surface area contributed by atoms with Gasteiger partial charge in [0.2, 0.25) is 6.41 Å². The monoisotopic (exact) mass is 423 g/mol. The highest BCUT2D eigenvalue weighted by Crippen LogP contribution is 2.25. The first-order valence-electron chi connectivity index (χ1n) is 9.81. The Morgan fingerprint density at radius 1 is 1.13 bits per heavy atom. The molecular weight excluding hydrogens is 398 g/mol. The van der Waals surface area contributed by atoms with Gasteiger partial charge in [0.15, 0.2) is 5.76 Å². The van der Waals surface area contributed by atoms with Gasteiger partial charge in [-0.3, -0.25) is 14.4 Å². The summed E-state index contributed by atoms with van der Waals surface area (Å²) in [6, 6.07) is 17.9. The van der Waals surface area contributed by atoms with E-state index >= 15 is 0 Å². The summed E-state index contributed by atoms with van der Waals surface area (Å²) in [6.07, 6.45) is 0.612. The number of hydroxylamine groups is 2. The Labute approximate surface area is 180 Å². The molecule has 0 radical (unpaired) electrons. The summed E-state index contributed by atoms with van der Waals surface area (Å²) in [6.45, 7) is 6.01. The second-order valence-corrected chi connectivity index (χ2v) is 7.73. The van der Waals surface area contributed by atoms with Crippen LogP contribution >= 0.6 is 0 Å². The van der Waals surface area contributed by atoms with Gasteiger partial charge in [0.1, 0.15) is 6.61 Å². The Hall–Kier alpha value is -3.65. The number of rotatable bonds is 9. The second kappa shape index (κ2) is 9.90. The van der Waals surface area contributed by atoms with Crippen LogP contribution in [0.5, 0.6) is 5.88 Å². The predicted octanol–water partition coefficient (Wildman–Crippen LogP) is 4.16. The molecule has 0 bridgehead atoms. The molecule has 3 rings (SSSR count). The molecule has 2 amide bonds. The molecule has 0 saturated carbocycles. The number of carbonyl (C=O) groups excluding carboxylic acids is 2. The average molecular weight is 423 g/mol. The van der Waals surface area contributed by atoms with E-state index < -0.39 is 5.60 Å². The van der Waals surface area contributed by atoms with Gasteiger partial charge < -0.3 is 14.6 Å². The van der Waals surface area contributed by atoms with Crippen LogP contribution in [0.25, 0.3) is 11.3 Å². The largest absolute Gasteiger partial charge is 0.474 e. The number of aromatic nitrogens is 1. The molecule has 0 spiro atoms. The number of benzene rings is 2. The van der Waals surface area contributed by atoms with Crippen molar-refractivity contribution in [1.29, 1.82) is 0 Å². The van der Waals surface area contributed by atoms with E-state index in [1.165, 1.54) is 5.06 Å². The molecule has 1 heterocycles. The summed E-state index contributed by atoms with van der Waals surface area (Å²) in [5.74, 6) is 0.649. The van der Waals surface area contributed by atoms with Gasteiger partial charge in [-0.2, -0.15) is 0 Å². The predicted molar refractivity (Wildman–Crippen MR) is 115 cm³/mol. The summed E-state index contributed by atoms with van der Waals surface area (Å²) >= 11 is 0. The first-order valence-corrected chi connectivity index (χ1v) is 9.81. The van der Waals surface area contributed by atoms with Crippen LogP contribution < -0.4 is 10.1 Å². The van der Waals surface area contributed by atoms with E-state index in [0.717, 1.165) is 5.56 Å². The Morgan fingerprint density at radius 3 is 2.48 bits per heavy atom. The normalized spacial score (nSPS) is 11.1. The van der Waals surface area contributed by atoms with E-state index in [4.69, 9.17) is 14.1 Å². The lowest BCUT2D eigenvalue weighted by atomic mass is 10.1. The molecule has 3 aromatic rings. The number of anilines is 1. The van der Waals surface area contributed by atoms with Crippen molar-refractivity contribution in [2.75, 3.05) is 18.5 Å². The van der Waals surface area contributed by atoms with E-state index in [2.05, 4.69) is 10.5 Å². The number of carbonyl (C=O) groups is 2. The van der Waals surface area contributed by atoms with Crippen LogP contribution in [0.4, 0.5) is 5.69 Å². The fraction of sp³-hybridized carbons (Fsp3) is 0.261. The molecule has 0 aliphatic rings. The van der Waals surface area contributed by atoms with Crippen LogP contribution in [-0.4, -0.2) is 41.3 Å². The zero-order valence-electron chi connectivity index (χ0n) is 17.7. The van der Waals surface area contributed by atoms with Crippen molar-refractivity contribution < 1.29 is 23.7 Å². The second-order valence-electron chi connectivity index (χ2n) is 7.73. The SMILES string of the molecule is CC(C)(C)ON(C=O)CCOc1cc(-c2ccc(NC(=O)c3ccccc3)cc2)on1. The number of hydrogen-bond donors (Lipinski definition) is 1. The van der Waals surface area contributed by atoms with E-state index in [0.29, 0.717) is 29.3 Å². The Bertz CT molecular complexity index is 994. The molecule has 31 heavy (non-hydrogen) atoms. The molecule has 1 aromatic heterocycles. The van der Waals surface area contributed by atoms with Crippen molar-refractivity contribution in [2.24, 2.45) is 0 Å². The molecule has 0 saturated heterocycles. The first kappa shape index (κ1) is 22.0. The number of hydrogen-bond acceptors (Lipinski definition) is 6. The molecular formula is C23H25N3O5. The Balaban J connectivity index is 1.53. The fourth-order valence-corrected chi connectivity index (χ4v) is 2.69. The van der Waals surface area contributed by atoms with E-state index in [-0.39, 0.29) is 19.1 Å². The van der Waals surface area contributed by atoms with Crippen LogP contribution in [0.3, 0.4) is 0 Å². The third-order valence-corrected chi connectivity index (χ3v) is 4.02. The van der Waals surface area contributed by atoms with Gasteiger partial charge in [-0.1, -0.05) is 18.2 Å². The number of nitrogens with zero attached hydrogens (tertiary/aromatic N) is 2. The zero-order valence-corrected chi connectivity index (χ0v) is 17.7. The van der Waals surface area contributed by atoms with Crippen molar-refractivity contribution in [3.05, 3.63) is 66.2 Å². The van der Waals surface area contributed by atoms with Crippen molar-refractivity contribution in [3.63, 3.8) is 0 Å². The van der Waals surface area contributed by atoms with Gasteiger partial charge in [-0.25, -0.2) is 5.06 Å². The maximum absolute atomic E-state index is 12.2. The van der Waals surface area contributed by atoms with Crippen molar-refractivity contribution in [3.8, 4) is 17.2 Å². The minimum atomic E-state index is -0.477. The molecule has 0 atom stereocenters. The van der Waals surface area contributed by atoms with Crippen molar-refractivity contribution in [2.45, 2.75) is 26.4 Å². The molecule has 0 aliphatic carbocycles. The fourth-order valence-electron chi connectivity index (χ4n) is 2.69. The molecule has 0 unspecified atom stereocenters. The summed E-state index contributed by atoms with van der Waals surface area (Å²) < 4.78 is 10.9. The third-order valence-electron chi connectivity index (χ3n) is 4.02. The maximum Gasteiger partial charge on any atom is 0.255 e. The Morgan fingerprint density at radius 2 is 1.84 bits per heavy atom. The topological polar surface area (TPSA) is 93.9 Å². The van der Waals surface area contributed by atoms with Crippen LogP contribution in [-0.2, 0) is 9.63 Å². The highest BCUT2D eigenvalue weighted by molar-refractivity contribution is 6.04. The maximum atomic E-state index is 12.2.